The quantitative estimate of drug-likeness (QED) is 0.566. The standard InChI is InChI=1S/C22H36O/c1-4-15-6-5-7-19-18-9-8-16-14-17(23)10-12-22(16,3)20(18)11-13-21(15,19)2/h4,16-20,23H,5-14H2,1-3H3/b15-4-/t16?,17-,18-,19?,20?,21+,22-/m0/s1. The summed E-state index contributed by atoms with van der Waals surface area (Å²) >= 11 is 0. The smallest absolute Gasteiger partial charge is 0.0543 e. The van der Waals surface area contributed by atoms with Crippen LogP contribution in [0, 0.1) is 34.5 Å². The van der Waals surface area contributed by atoms with Gasteiger partial charge in [-0.1, -0.05) is 25.5 Å². The van der Waals surface area contributed by atoms with E-state index in [4.69, 9.17) is 0 Å². The molecule has 0 aliphatic heterocycles. The summed E-state index contributed by atoms with van der Waals surface area (Å²) in [6, 6.07) is 0. The van der Waals surface area contributed by atoms with Gasteiger partial charge < -0.3 is 5.11 Å². The predicted octanol–water partition coefficient (Wildman–Crippen LogP) is 5.73. The monoisotopic (exact) mass is 316 g/mol. The van der Waals surface area contributed by atoms with Gasteiger partial charge >= 0.3 is 0 Å². The van der Waals surface area contributed by atoms with Crippen LogP contribution in [-0.4, -0.2) is 11.2 Å². The van der Waals surface area contributed by atoms with Crippen LogP contribution in [0.3, 0.4) is 0 Å². The summed E-state index contributed by atoms with van der Waals surface area (Å²) < 4.78 is 0. The lowest BCUT2D eigenvalue weighted by molar-refractivity contribution is -0.126. The molecule has 130 valence electrons. The van der Waals surface area contributed by atoms with Gasteiger partial charge in [-0.15, -0.1) is 0 Å². The highest BCUT2D eigenvalue weighted by Crippen LogP contribution is 2.66. The van der Waals surface area contributed by atoms with E-state index < -0.39 is 0 Å². The zero-order valence-corrected chi connectivity index (χ0v) is 15.5. The maximum Gasteiger partial charge on any atom is 0.0543 e. The van der Waals surface area contributed by atoms with E-state index in [1.54, 1.807) is 5.57 Å². The van der Waals surface area contributed by atoms with Crippen molar-refractivity contribution in [3.8, 4) is 0 Å². The molecule has 4 aliphatic rings. The molecule has 1 nitrogen and oxygen atoms in total. The minimum atomic E-state index is -0.0113. The SMILES string of the molecule is C/C=C1/CCCC2[C@@H]3CCC4C[C@@H](O)CC[C@]4(C)C3CC[C@]12C. The topological polar surface area (TPSA) is 20.2 Å². The van der Waals surface area contributed by atoms with Gasteiger partial charge in [-0.3, -0.25) is 0 Å². The van der Waals surface area contributed by atoms with Gasteiger partial charge in [0.05, 0.1) is 6.10 Å². The summed E-state index contributed by atoms with van der Waals surface area (Å²) in [5.74, 6) is 3.62. The Morgan fingerprint density at radius 1 is 1.00 bits per heavy atom. The minimum absolute atomic E-state index is 0.0113. The van der Waals surface area contributed by atoms with E-state index in [1.165, 1.54) is 51.4 Å². The molecule has 0 aromatic heterocycles. The summed E-state index contributed by atoms with van der Waals surface area (Å²) in [5.41, 5.74) is 2.81. The normalized spacial score (nSPS) is 55.0. The minimum Gasteiger partial charge on any atom is -0.393 e. The highest BCUT2D eigenvalue weighted by Gasteiger charge is 2.57. The van der Waals surface area contributed by atoms with E-state index >= 15 is 0 Å². The Morgan fingerprint density at radius 3 is 2.61 bits per heavy atom. The Balaban J connectivity index is 1.64. The van der Waals surface area contributed by atoms with Crippen molar-refractivity contribution in [2.45, 2.75) is 91.1 Å². The Labute approximate surface area is 142 Å². The molecule has 0 aromatic rings. The van der Waals surface area contributed by atoms with Crippen molar-refractivity contribution in [3.05, 3.63) is 11.6 Å². The molecule has 7 atom stereocenters. The second-order valence-corrected chi connectivity index (χ2v) is 9.75. The summed E-state index contributed by atoms with van der Waals surface area (Å²) in [5, 5.41) is 10.1. The van der Waals surface area contributed by atoms with E-state index in [-0.39, 0.29) is 6.10 Å². The maximum atomic E-state index is 10.1. The van der Waals surface area contributed by atoms with Crippen LogP contribution in [0.1, 0.15) is 85.0 Å². The lowest BCUT2D eigenvalue weighted by atomic mass is 9.42. The number of allylic oxidation sites excluding steroid dienone is 2. The summed E-state index contributed by atoms with van der Waals surface area (Å²) in [4.78, 5) is 0. The first kappa shape index (κ1) is 16.2. The van der Waals surface area contributed by atoms with Gasteiger partial charge in [0, 0.05) is 0 Å². The third kappa shape index (κ3) is 2.29. The van der Waals surface area contributed by atoms with Crippen LogP contribution in [-0.2, 0) is 0 Å². The largest absolute Gasteiger partial charge is 0.393 e. The molecule has 0 saturated heterocycles. The fraction of sp³-hybridized carbons (Fsp3) is 0.909. The third-order valence-corrected chi connectivity index (χ3v) is 9.07. The van der Waals surface area contributed by atoms with Crippen molar-refractivity contribution in [2.24, 2.45) is 34.5 Å². The highest BCUT2D eigenvalue weighted by atomic mass is 16.3. The Bertz CT molecular complexity index is 494. The second-order valence-electron chi connectivity index (χ2n) is 9.75. The fourth-order valence-corrected chi connectivity index (χ4v) is 7.76. The number of rotatable bonds is 0. The third-order valence-electron chi connectivity index (χ3n) is 9.07. The van der Waals surface area contributed by atoms with Gasteiger partial charge in [-0.25, -0.2) is 0 Å². The average molecular weight is 317 g/mol. The van der Waals surface area contributed by atoms with Crippen LogP contribution in [0.5, 0.6) is 0 Å². The molecule has 0 aromatic carbocycles. The van der Waals surface area contributed by atoms with Gasteiger partial charge in [0.2, 0.25) is 0 Å². The highest BCUT2D eigenvalue weighted by molar-refractivity contribution is 5.21. The van der Waals surface area contributed by atoms with Crippen LogP contribution in [0.15, 0.2) is 11.6 Å². The fourth-order valence-electron chi connectivity index (χ4n) is 7.76. The van der Waals surface area contributed by atoms with Crippen LogP contribution in [0.2, 0.25) is 0 Å². The van der Waals surface area contributed by atoms with Crippen LogP contribution in [0.25, 0.3) is 0 Å². The van der Waals surface area contributed by atoms with Gasteiger partial charge in [-0.05, 0) is 106 Å². The van der Waals surface area contributed by atoms with Crippen LogP contribution in [0.4, 0.5) is 0 Å². The van der Waals surface area contributed by atoms with E-state index in [0.29, 0.717) is 10.8 Å². The van der Waals surface area contributed by atoms with Crippen LogP contribution < -0.4 is 0 Å². The Hall–Kier alpha value is -0.300. The van der Waals surface area contributed by atoms with Gasteiger partial charge in [0.15, 0.2) is 0 Å². The first-order valence-electron chi connectivity index (χ1n) is 10.3. The molecule has 1 heteroatoms. The maximum absolute atomic E-state index is 10.1. The van der Waals surface area contributed by atoms with Crippen molar-refractivity contribution >= 4 is 0 Å². The lowest BCUT2D eigenvalue weighted by Gasteiger charge is -2.63. The first-order valence-corrected chi connectivity index (χ1v) is 10.3. The molecular formula is C22H36O. The van der Waals surface area contributed by atoms with Crippen molar-refractivity contribution in [3.63, 3.8) is 0 Å². The average Bonchev–Trinajstić information content (AvgIpc) is 2.54. The molecule has 4 rings (SSSR count). The van der Waals surface area contributed by atoms with E-state index in [0.717, 1.165) is 36.5 Å². The number of fused-ring (bicyclic) bond motifs is 5. The molecule has 0 spiro atoms. The number of hydrogen-bond donors (Lipinski definition) is 1. The van der Waals surface area contributed by atoms with Gasteiger partial charge in [0.25, 0.3) is 0 Å². The zero-order chi connectivity index (χ0) is 16.2. The molecule has 0 radical (unpaired) electrons. The molecule has 4 saturated carbocycles. The Morgan fingerprint density at radius 2 is 1.83 bits per heavy atom. The lowest BCUT2D eigenvalue weighted by Crippen LogP contribution is -2.55. The molecule has 0 heterocycles. The second kappa shape index (κ2) is 5.61. The molecule has 0 amide bonds. The molecular weight excluding hydrogens is 280 g/mol. The summed E-state index contributed by atoms with van der Waals surface area (Å²) in [6.45, 7) is 7.47. The molecule has 1 N–H and O–H groups in total. The van der Waals surface area contributed by atoms with Crippen molar-refractivity contribution in [2.75, 3.05) is 0 Å². The number of hydrogen-bond acceptors (Lipinski definition) is 1. The Kier molecular flexibility index (Phi) is 3.95. The number of aliphatic hydroxyl groups is 1. The molecule has 4 fully saturated rings. The first-order chi connectivity index (χ1) is 11.0. The molecule has 4 aliphatic carbocycles. The predicted molar refractivity (Wildman–Crippen MR) is 96.1 cm³/mol. The van der Waals surface area contributed by atoms with E-state index in [1.807, 2.05) is 0 Å². The van der Waals surface area contributed by atoms with Crippen molar-refractivity contribution in [1.29, 1.82) is 0 Å². The summed E-state index contributed by atoms with van der Waals surface area (Å²) in [7, 11) is 0. The van der Waals surface area contributed by atoms with E-state index in [2.05, 4.69) is 26.8 Å². The zero-order valence-electron chi connectivity index (χ0n) is 15.5. The molecule has 0 bridgehead atoms. The van der Waals surface area contributed by atoms with Crippen molar-refractivity contribution in [1.82, 2.24) is 0 Å². The van der Waals surface area contributed by atoms with Crippen LogP contribution >= 0.6 is 0 Å². The molecule has 3 unspecified atom stereocenters. The van der Waals surface area contributed by atoms with Gasteiger partial charge in [0.1, 0.15) is 0 Å². The van der Waals surface area contributed by atoms with Gasteiger partial charge in [-0.2, -0.15) is 0 Å². The van der Waals surface area contributed by atoms with Crippen molar-refractivity contribution < 1.29 is 5.11 Å². The summed E-state index contributed by atoms with van der Waals surface area (Å²) in [6.07, 6.45) is 15.8. The van der Waals surface area contributed by atoms with E-state index in [9.17, 15) is 5.11 Å². The number of aliphatic hydroxyl groups excluding tert-OH is 1. The molecule has 23 heavy (non-hydrogen) atoms.